The predicted molar refractivity (Wildman–Crippen MR) is 89.1 cm³/mol. The second-order valence-electron chi connectivity index (χ2n) is 6.31. The number of benzene rings is 1. The molecule has 0 heterocycles. The second-order valence-corrected chi connectivity index (χ2v) is 6.31. The average molecular weight is 335 g/mol. The standard InChI is InChI=1S/C18H25NO5/c1-11-6-4-5-7-15(11)19-17(21)12(2)24-18(22)14-9-8-13(23-3)10-16(14)20/h8-12,15,20H,4-7H2,1-3H3,(H,19,21)/t11-,12-,15-/m1/s1. The van der Waals surface area contributed by atoms with Crippen LogP contribution in [0.25, 0.3) is 0 Å². The van der Waals surface area contributed by atoms with Gasteiger partial charge in [-0.25, -0.2) is 4.79 Å². The lowest BCUT2D eigenvalue weighted by Gasteiger charge is -2.30. The quantitative estimate of drug-likeness (QED) is 0.808. The fourth-order valence-electron chi connectivity index (χ4n) is 2.92. The average Bonchev–Trinajstić information content (AvgIpc) is 2.56. The zero-order chi connectivity index (χ0) is 17.7. The van der Waals surface area contributed by atoms with E-state index in [0.717, 1.165) is 19.3 Å². The molecule has 6 heteroatoms. The van der Waals surface area contributed by atoms with Crippen molar-refractivity contribution in [3.8, 4) is 11.5 Å². The van der Waals surface area contributed by atoms with Crippen molar-refractivity contribution in [3.05, 3.63) is 23.8 Å². The molecule has 0 saturated heterocycles. The molecule has 0 unspecified atom stereocenters. The topological polar surface area (TPSA) is 84.9 Å². The Morgan fingerprint density at radius 3 is 2.62 bits per heavy atom. The molecule has 1 aromatic carbocycles. The van der Waals surface area contributed by atoms with Gasteiger partial charge in [0.15, 0.2) is 6.10 Å². The highest BCUT2D eigenvalue weighted by molar-refractivity contribution is 5.94. The van der Waals surface area contributed by atoms with Crippen molar-refractivity contribution < 1.29 is 24.2 Å². The molecule has 1 amide bonds. The second kappa shape index (κ2) is 8.04. The van der Waals surface area contributed by atoms with E-state index in [1.54, 1.807) is 6.07 Å². The van der Waals surface area contributed by atoms with Crippen molar-refractivity contribution in [2.24, 2.45) is 5.92 Å². The van der Waals surface area contributed by atoms with Gasteiger partial charge in [0, 0.05) is 12.1 Å². The van der Waals surface area contributed by atoms with Gasteiger partial charge >= 0.3 is 5.97 Å². The Labute approximate surface area is 142 Å². The summed E-state index contributed by atoms with van der Waals surface area (Å²) in [5, 5.41) is 12.8. The Bertz CT molecular complexity index is 601. The lowest BCUT2D eigenvalue weighted by Crippen LogP contribution is -2.45. The van der Waals surface area contributed by atoms with Gasteiger partial charge in [-0.2, -0.15) is 0 Å². The van der Waals surface area contributed by atoms with Crippen LogP contribution >= 0.6 is 0 Å². The summed E-state index contributed by atoms with van der Waals surface area (Å²) in [4.78, 5) is 24.4. The zero-order valence-electron chi connectivity index (χ0n) is 14.4. The van der Waals surface area contributed by atoms with E-state index in [0.29, 0.717) is 11.7 Å². The molecular formula is C18H25NO5. The minimum absolute atomic E-state index is 0.00137. The van der Waals surface area contributed by atoms with Gasteiger partial charge in [0.1, 0.15) is 17.1 Å². The Kier molecular flexibility index (Phi) is 6.06. The molecule has 0 aliphatic heterocycles. The molecule has 6 nitrogen and oxygen atoms in total. The zero-order valence-corrected chi connectivity index (χ0v) is 14.4. The number of carbonyl (C=O) groups excluding carboxylic acids is 2. The smallest absolute Gasteiger partial charge is 0.342 e. The molecule has 0 bridgehead atoms. The van der Waals surface area contributed by atoms with Gasteiger partial charge in [-0.1, -0.05) is 19.8 Å². The van der Waals surface area contributed by atoms with Gasteiger partial charge in [0.05, 0.1) is 7.11 Å². The first-order chi connectivity index (χ1) is 11.4. The summed E-state index contributed by atoms with van der Waals surface area (Å²) in [6.45, 7) is 3.65. The minimum Gasteiger partial charge on any atom is -0.507 e. The van der Waals surface area contributed by atoms with Gasteiger partial charge in [0.2, 0.25) is 0 Å². The number of ether oxygens (including phenoxy) is 2. The summed E-state index contributed by atoms with van der Waals surface area (Å²) in [5.74, 6) is -0.435. The number of rotatable bonds is 5. The van der Waals surface area contributed by atoms with Gasteiger partial charge in [-0.15, -0.1) is 0 Å². The monoisotopic (exact) mass is 335 g/mol. The van der Waals surface area contributed by atoms with Crippen molar-refractivity contribution in [1.29, 1.82) is 0 Å². The van der Waals surface area contributed by atoms with E-state index in [9.17, 15) is 14.7 Å². The van der Waals surface area contributed by atoms with Crippen LogP contribution in [0.4, 0.5) is 0 Å². The number of phenols is 1. The summed E-state index contributed by atoms with van der Waals surface area (Å²) in [7, 11) is 1.46. The summed E-state index contributed by atoms with van der Waals surface area (Å²) in [6, 6.07) is 4.40. The highest BCUT2D eigenvalue weighted by atomic mass is 16.5. The van der Waals surface area contributed by atoms with Crippen LogP contribution in [0.5, 0.6) is 11.5 Å². The number of phenolic OH excluding ortho intramolecular Hbond substituents is 1. The molecule has 24 heavy (non-hydrogen) atoms. The van der Waals surface area contributed by atoms with Crippen molar-refractivity contribution in [2.75, 3.05) is 7.11 Å². The minimum atomic E-state index is -0.923. The number of nitrogens with one attached hydrogen (secondary N) is 1. The summed E-state index contributed by atoms with van der Waals surface area (Å²) < 4.78 is 10.1. The van der Waals surface area contributed by atoms with E-state index in [1.165, 1.54) is 32.6 Å². The fraction of sp³-hybridized carbons (Fsp3) is 0.556. The number of hydrogen-bond donors (Lipinski definition) is 2. The van der Waals surface area contributed by atoms with Crippen LogP contribution in [0.15, 0.2) is 18.2 Å². The van der Waals surface area contributed by atoms with Crippen LogP contribution in [0.3, 0.4) is 0 Å². The van der Waals surface area contributed by atoms with Crippen molar-refractivity contribution in [2.45, 2.75) is 51.7 Å². The number of carbonyl (C=O) groups is 2. The number of amides is 1. The molecule has 1 fully saturated rings. The van der Waals surface area contributed by atoms with Gasteiger partial charge in [-0.05, 0) is 37.8 Å². The predicted octanol–water partition coefficient (Wildman–Crippen LogP) is 2.64. The maximum absolute atomic E-state index is 12.2. The SMILES string of the molecule is COc1ccc(C(=O)O[C@H](C)C(=O)N[C@@H]2CCCC[C@H]2C)c(O)c1. The van der Waals surface area contributed by atoms with Crippen LogP contribution in [0.1, 0.15) is 49.9 Å². The largest absolute Gasteiger partial charge is 0.507 e. The van der Waals surface area contributed by atoms with E-state index in [4.69, 9.17) is 9.47 Å². The summed E-state index contributed by atoms with van der Waals surface area (Å²) in [5.41, 5.74) is 0.00137. The molecule has 1 aliphatic carbocycles. The number of methoxy groups -OCH3 is 1. The van der Waals surface area contributed by atoms with Crippen LogP contribution in [-0.2, 0) is 9.53 Å². The third-order valence-corrected chi connectivity index (χ3v) is 4.52. The summed E-state index contributed by atoms with van der Waals surface area (Å²) >= 11 is 0. The first kappa shape index (κ1) is 18.1. The molecule has 2 rings (SSSR count). The van der Waals surface area contributed by atoms with Crippen LogP contribution in [0, 0.1) is 5.92 Å². The summed E-state index contributed by atoms with van der Waals surface area (Å²) in [6.07, 6.45) is 3.41. The molecule has 3 atom stereocenters. The molecule has 2 N–H and O–H groups in total. The maximum Gasteiger partial charge on any atom is 0.342 e. The van der Waals surface area contributed by atoms with E-state index in [2.05, 4.69) is 12.2 Å². The van der Waals surface area contributed by atoms with Crippen LogP contribution in [0.2, 0.25) is 0 Å². The number of hydrogen-bond acceptors (Lipinski definition) is 5. The molecular weight excluding hydrogens is 310 g/mol. The first-order valence-corrected chi connectivity index (χ1v) is 8.30. The van der Waals surface area contributed by atoms with Gasteiger partial charge < -0.3 is 19.9 Å². The Balaban J connectivity index is 1.94. The van der Waals surface area contributed by atoms with E-state index in [-0.39, 0.29) is 23.3 Å². The molecule has 0 aromatic heterocycles. The lowest BCUT2D eigenvalue weighted by molar-refractivity contribution is -0.130. The molecule has 132 valence electrons. The van der Waals surface area contributed by atoms with E-state index < -0.39 is 12.1 Å². The molecule has 0 spiro atoms. The maximum atomic E-state index is 12.2. The third-order valence-electron chi connectivity index (χ3n) is 4.52. The Hall–Kier alpha value is -2.24. The third kappa shape index (κ3) is 4.40. The van der Waals surface area contributed by atoms with Gasteiger partial charge in [0.25, 0.3) is 5.91 Å². The molecule has 0 radical (unpaired) electrons. The first-order valence-electron chi connectivity index (χ1n) is 8.30. The Morgan fingerprint density at radius 1 is 1.29 bits per heavy atom. The van der Waals surface area contributed by atoms with E-state index in [1.807, 2.05) is 0 Å². The molecule has 1 aliphatic rings. The van der Waals surface area contributed by atoms with Gasteiger partial charge in [-0.3, -0.25) is 4.79 Å². The number of aromatic hydroxyl groups is 1. The number of esters is 1. The van der Waals surface area contributed by atoms with Crippen LogP contribution in [-0.4, -0.2) is 36.2 Å². The van der Waals surface area contributed by atoms with Crippen LogP contribution < -0.4 is 10.1 Å². The Morgan fingerprint density at radius 2 is 2.00 bits per heavy atom. The van der Waals surface area contributed by atoms with Crippen molar-refractivity contribution >= 4 is 11.9 Å². The highest BCUT2D eigenvalue weighted by Crippen LogP contribution is 2.25. The molecule has 1 aromatic rings. The highest BCUT2D eigenvalue weighted by Gasteiger charge is 2.27. The lowest BCUT2D eigenvalue weighted by atomic mass is 9.86. The van der Waals surface area contributed by atoms with Crippen molar-refractivity contribution in [1.82, 2.24) is 5.32 Å². The fourth-order valence-corrected chi connectivity index (χ4v) is 2.92. The van der Waals surface area contributed by atoms with E-state index >= 15 is 0 Å². The normalized spacial score (nSPS) is 21.6. The molecule has 1 saturated carbocycles. The van der Waals surface area contributed by atoms with Crippen molar-refractivity contribution in [3.63, 3.8) is 0 Å².